The van der Waals surface area contributed by atoms with Gasteiger partial charge in [-0.2, -0.15) is 0 Å². The summed E-state index contributed by atoms with van der Waals surface area (Å²) in [6.45, 7) is 7.23. The number of aromatic nitrogens is 3. The van der Waals surface area contributed by atoms with Crippen LogP contribution in [0.4, 0.5) is 5.82 Å². The van der Waals surface area contributed by atoms with E-state index < -0.39 is 28.4 Å². The summed E-state index contributed by atoms with van der Waals surface area (Å²) in [6, 6.07) is 38.2. The van der Waals surface area contributed by atoms with Crippen molar-refractivity contribution in [3.8, 4) is 0 Å². The van der Waals surface area contributed by atoms with Crippen LogP contribution in [0.5, 0.6) is 0 Å². The van der Waals surface area contributed by atoms with Crippen molar-refractivity contribution >= 4 is 48.7 Å². The third kappa shape index (κ3) is 4.78. The summed E-state index contributed by atoms with van der Waals surface area (Å²) in [4.78, 5) is 2.26. The van der Waals surface area contributed by atoms with Crippen LogP contribution in [-0.4, -0.2) is 54.3 Å². The zero-order valence-corrected chi connectivity index (χ0v) is 26.1. The van der Waals surface area contributed by atoms with E-state index >= 15 is 0 Å². The number of rotatable bonds is 9. The van der Waals surface area contributed by atoms with Gasteiger partial charge in [0.15, 0.2) is 0 Å². The van der Waals surface area contributed by atoms with Crippen LogP contribution in [0.25, 0.3) is 0 Å². The fourth-order valence-corrected chi connectivity index (χ4v) is 20.1. The van der Waals surface area contributed by atoms with Gasteiger partial charge in [-0.25, -0.2) is 0 Å². The van der Waals surface area contributed by atoms with E-state index in [4.69, 9.17) is 5.10 Å². The van der Waals surface area contributed by atoms with Crippen molar-refractivity contribution in [3.63, 3.8) is 0 Å². The maximum atomic E-state index is 14.1. The average Bonchev–Trinajstić information content (AvgIpc) is 3.42. The molecule has 0 bridgehead atoms. The van der Waals surface area contributed by atoms with Crippen molar-refractivity contribution in [1.82, 2.24) is 14.4 Å². The Hall–Kier alpha value is -3.43. The molecule has 0 aliphatic heterocycles. The zero-order chi connectivity index (χ0) is 27.5. The molecule has 0 spiro atoms. The Morgan fingerprint density at radius 3 is 1.54 bits per heavy atom. The monoisotopic (exact) mass is 644 g/mol. The van der Waals surface area contributed by atoms with E-state index in [1.165, 1.54) is 14.8 Å². The van der Waals surface area contributed by atoms with Gasteiger partial charge in [0.25, 0.3) is 0 Å². The molecule has 0 aliphatic rings. The van der Waals surface area contributed by atoms with Crippen LogP contribution in [0.3, 0.4) is 0 Å². The maximum absolute atomic E-state index is 14.1. The Morgan fingerprint density at radius 2 is 1.13 bits per heavy atom. The van der Waals surface area contributed by atoms with Crippen molar-refractivity contribution in [2.24, 2.45) is 0 Å². The second-order valence-electron chi connectivity index (χ2n) is 9.44. The van der Waals surface area contributed by atoms with Crippen LogP contribution in [0.1, 0.15) is 19.4 Å². The average molecular weight is 643 g/mol. The van der Waals surface area contributed by atoms with Crippen molar-refractivity contribution in [1.29, 1.82) is 0 Å². The van der Waals surface area contributed by atoms with E-state index in [0.717, 1.165) is 9.27 Å². The molecule has 0 saturated heterocycles. The minimum absolute atomic E-state index is 0.192. The molecular weight excluding hydrogens is 611 g/mol. The van der Waals surface area contributed by atoms with Gasteiger partial charge in [-0.05, 0) is 0 Å². The number of hydrogen-bond acceptors (Lipinski definition) is 5. The van der Waals surface area contributed by atoms with Crippen LogP contribution in [0.2, 0.25) is 0 Å². The van der Waals surface area contributed by atoms with Gasteiger partial charge in [-0.1, -0.05) is 0 Å². The summed E-state index contributed by atoms with van der Waals surface area (Å²) >= 11 is -4.22. The molecule has 0 saturated carbocycles. The van der Waals surface area contributed by atoms with Crippen LogP contribution in [0.15, 0.2) is 120 Å². The van der Waals surface area contributed by atoms with Gasteiger partial charge in [0, 0.05) is 0 Å². The molecule has 0 radical (unpaired) electrons. The van der Waals surface area contributed by atoms with Crippen molar-refractivity contribution in [2.75, 3.05) is 18.0 Å². The molecule has 6 nitrogen and oxygen atoms in total. The summed E-state index contributed by atoms with van der Waals surface area (Å²) < 4.78 is 33.7. The molecule has 8 heteroatoms. The molecule has 0 aliphatic carbocycles. The topological polar surface area (TPSA) is 68.1 Å². The van der Waals surface area contributed by atoms with Gasteiger partial charge in [0.1, 0.15) is 0 Å². The standard InChI is InChI=1S/C13H17N4O2S.3C6H5.Sn/c1-4-16(5-2)13-10-14-15-17(13)20(18,19)12-8-6-11(3)7-9-12;3*1-2-4-6-5-3-1;/h6-9H,4-5H2,1-3H3;3*1-5H;. The zero-order valence-electron chi connectivity index (χ0n) is 22.4. The number of aryl methyl sites for hydroxylation is 1. The van der Waals surface area contributed by atoms with E-state index in [9.17, 15) is 8.42 Å². The van der Waals surface area contributed by atoms with E-state index in [1.54, 1.807) is 12.1 Å². The van der Waals surface area contributed by atoms with Gasteiger partial charge in [0.2, 0.25) is 0 Å². The Kier molecular flexibility index (Phi) is 7.90. The SMILES string of the molecule is CCN(CC)c1[c]([Sn]([c]2ccccc2)([c]2ccccc2)[c]2ccccc2)nnn1S(=O)(=O)c1ccc(C)cc1. The van der Waals surface area contributed by atoms with Gasteiger partial charge >= 0.3 is 236 Å². The summed E-state index contributed by atoms with van der Waals surface area (Å²) in [5.74, 6) is 0.549. The molecule has 1 aromatic heterocycles. The fourth-order valence-electron chi connectivity index (χ4n) is 5.25. The van der Waals surface area contributed by atoms with Crippen molar-refractivity contribution in [2.45, 2.75) is 25.7 Å². The molecular formula is C31H32N4O2SSn. The van der Waals surface area contributed by atoms with E-state index in [0.29, 0.717) is 18.9 Å². The minimum atomic E-state index is -4.22. The summed E-state index contributed by atoms with van der Waals surface area (Å²) in [5, 5.41) is 9.26. The van der Waals surface area contributed by atoms with Crippen LogP contribution in [0, 0.1) is 6.92 Å². The Bertz CT molecular complexity index is 1540. The molecule has 0 unspecified atom stereocenters. The molecule has 39 heavy (non-hydrogen) atoms. The summed E-state index contributed by atoms with van der Waals surface area (Å²) in [5.41, 5.74) is 0.990. The molecule has 5 rings (SSSR count). The predicted molar refractivity (Wildman–Crippen MR) is 161 cm³/mol. The number of hydrogen-bond donors (Lipinski definition) is 0. The molecule has 4 aromatic carbocycles. The Morgan fingerprint density at radius 1 is 0.692 bits per heavy atom. The second-order valence-corrected chi connectivity index (χ2v) is 21.8. The van der Waals surface area contributed by atoms with Crippen molar-refractivity contribution < 1.29 is 8.42 Å². The second kappa shape index (κ2) is 11.4. The fraction of sp³-hybridized carbons (Fsp3) is 0.161. The molecule has 5 aromatic rings. The van der Waals surface area contributed by atoms with E-state index in [1.807, 2.05) is 51.1 Å². The first-order valence-corrected chi connectivity index (χ1v) is 20.3. The van der Waals surface area contributed by atoms with Crippen LogP contribution in [-0.2, 0) is 10.0 Å². The number of anilines is 1. The predicted octanol–water partition coefficient (Wildman–Crippen LogP) is 3.05. The first kappa shape index (κ1) is 27.1. The third-order valence-corrected chi connectivity index (χ3v) is 22.0. The third-order valence-electron chi connectivity index (χ3n) is 7.20. The first-order valence-electron chi connectivity index (χ1n) is 13.1. The normalized spacial score (nSPS) is 11.9. The van der Waals surface area contributed by atoms with Gasteiger partial charge in [-0.3, -0.25) is 0 Å². The molecule has 0 atom stereocenters. The molecule has 0 fully saturated rings. The molecule has 0 amide bonds. The molecule has 0 N–H and O–H groups in total. The Balaban J connectivity index is 1.92. The Labute approximate surface area is 234 Å². The molecule has 1 heterocycles. The van der Waals surface area contributed by atoms with Gasteiger partial charge in [0.05, 0.1) is 0 Å². The summed E-state index contributed by atoms with van der Waals surface area (Å²) in [6.07, 6.45) is 0. The summed E-state index contributed by atoms with van der Waals surface area (Å²) in [7, 11) is -4.00. The van der Waals surface area contributed by atoms with Gasteiger partial charge < -0.3 is 0 Å². The quantitative estimate of drug-likeness (QED) is 0.231. The number of benzene rings is 4. The van der Waals surface area contributed by atoms with Crippen LogP contribution >= 0.6 is 0 Å². The van der Waals surface area contributed by atoms with Gasteiger partial charge in [-0.15, -0.1) is 0 Å². The van der Waals surface area contributed by atoms with E-state index in [2.05, 4.69) is 82.9 Å². The first-order chi connectivity index (χ1) is 18.9. The van der Waals surface area contributed by atoms with Crippen molar-refractivity contribution in [3.05, 3.63) is 121 Å². The van der Waals surface area contributed by atoms with E-state index in [-0.39, 0.29) is 4.90 Å². The van der Waals surface area contributed by atoms with Crippen LogP contribution < -0.4 is 19.3 Å². The number of nitrogens with zero attached hydrogens (tertiary/aromatic N) is 4. The molecule has 198 valence electrons.